The van der Waals surface area contributed by atoms with E-state index in [1.54, 1.807) is 0 Å². The fraction of sp³-hybridized carbons (Fsp3) is 0.355. The van der Waals surface area contributed by atoms with Crippen LogP contribution in [-0.2, 0) is 6.54 Å². The van der Waals surface area contributed by atoms with E-state index in [1.165, 1.54) is 0 Å². The molecule has 1 aliphatic carbocycles. The minimum atomic E-state index is -0.544. The number of nitrogens with zero attached hydrogens (tertiary/aromatic N) is 5. The molecule has 39 heavy (non-hydrogen) atoms. The van der Waals surface area contributed by atoms with Crippen molar-refractivity contribution in [3.8, 4) is 22.5 Å². The summed E-state index contributed by atoms with van der Waals surface area (Å²) in [5, 5.41) is 29.7. The number of H-pyrrole nitrogens is 1. The molecular weight excluding hydrogens is 486 g/mol. The zero-order valence-electron chi connectivity index (χ0n) is 22.3. The predicted octanol–water partition coefficient (Wildman–Crippen LogP) is 6.31. The molecule has 3 aromatic carbocycles. The van der Waals surface area contributed by atoms with Gasteiger partial charge in [-0.05, 0) is 71.5 Å². The van der Waals surface area contributed by atoms with Gasteiger partial charge in [0.25, 0.3) is 0 Å². The molecule has 2 heterocycles. The number of nitrogens with one attached hydrogen (secondary N) is 2. The highest BCUT2D eigenvalue weighted by atomic mass is 16.3. The number of amidine groups is 1. The minimum Gasteiger partial charge on any atom is -0.371 e. The van der Waals surface area contributed by atoms with Crippen molar-refractivity contribution < 1.29 is 5.11 Å². The number of aliphatic hydroxyl groups excluding tert-OH is 1. The van der Waals surface area contributed by atoms with E-state index in [-0.39, 0.29) is 5.54 Å². The summed E-state index contributed by atoms with van der Waals surface area (Å²) in [5.41, 5.74) is 5.82. The third kappa shape index (κ3) is 5.16. The molecule has 0 radical (unpaired) electrons. The normalized spacial score (nSPS) is 18.1. The molecule has 1 fully saturated rings. The quantitative estimate of drug-likeness (QED) is 0.238. The number of anilines is 2. The second-order valence-electron chi connectivity index (χ2n) is 10.6. The molecule has 0 saturated heterocycles. The summed E-state index contributed by atoms with van der Waals surface area (Å²) in [4.78, 5) is 7.27. The number of para-hydroxylation sites is 1. The molecule has 2 aliphatic rings. The molecule has 6 rings (SSSR count). The number of hydrogen-bond acceptors (Lipinski definition) is 7. The Labute approximate surface area is 229 Å². The van der Waals surface area contributed by atoms with Crippen LogP contribution >= 0.6 is 0 Å². The van der Waals surface area contributed by atoms with Crippen molar-refractivity contribution in [1.82, 2.24) is 25.5 Å². The second-order valence-corrected chi connectivity index (χ2v) is 10.6. The van der Waals surface area contributed by atoms with Crippen LogP contribution in [0.5, 0.6) is 0 Å². The number of hydrogen-bond donors (Lipinski definition) is 3. The standard InChI is InChI=1S/C31H35N7O/c1-2-3-11-28-33-31(18-7-8-19-31)30(39)38(28)21-22-12-14-23(15-13-22)27-20-25(32-24-9-5-4-6-10-24)16-17-26(27)29-34-36-37-35-29/h4-6,9-10,12-17,20,30,32,39H,2-3,7-8,11,18-19,21H2,1H3,(H,34,35,36,37). The Kier molecular flexibility index (Phi) is 7.11. The molecule has 1 aromatic heterocycles. The van der Waals surface area contributed by atoms with E-state index in [0.29, 0.717) is 12.4 Å². The van der Waals surface area contributed by atoms with E-state index in [4.69, 9.17) is 4.99 Å². The maximum Gasteiger partial charge on any atom is 0.205 e. The first-order valence-corrected chi connectivity index (χ1v) is 14.0. The lowest BCUT2D eigenvalue weighted by Gasteiger charge is -2.31. The van der Waals surface area contributed by atoms with Gasteiger partial charge in [0.15, 0.2) is 6.23 Å². The average molecular weight is 522 g/mol. The van der Waals surface area contributed by atoms with E-state index in [9.17, 15) is 5.11 Å². The summed E-state index contributed by atoms with van der Waals surface area (Å²) in [6.07, 6.45) is 6.82. The topological polar surface area (TPSA) is 102 Å². The number of tetrazole rings is 1. The van der Waals surface area contributed by atoms with Crippen LogP contribution in [0.15, 0.2) is 77.8 Å². The number of aromatic amines is 1. The van der Waals surface area contributed by atoms with Crippen molar-refractivity contribution in [1.29, 1.82) is 0 Å². The van der Waals surface area contributed by atoms with Gasteiger partial charge in [-0.15, -0.1) is 10.2 Å². The smallest absolute Gasteiger partial charge is 0.205 e. The summed E-state index contributed by atoms with van der Waals surface area (Å²) in [6.45, 7) is 2.85. The second kappa shape index (κ2) is 11.0. The molecule has 0 bridgehead atoms. The molecule has 1 saturated carbocycles. The van der Waals surface area contributed by atoms with Crippen LogP contribution in [0.4, 0.5) is 11.4 Å². The third-order valence-corrected chi connectivity index (χ3v) is 7.97. The van der Waals surface area contributed by atoms with Crippen LogP contribution in [0.2, 0.25) is 0 Å². The maximum atomic E-state index is 11.4. The van der Waals surface area contributed by atoms with Crippen LogP contribution < -0.4 is 5.32 Å². The highest BCUT2D eigenvalue weighted by molar-refractivity contribution is 5.86. The molecule has 4 aromatic rings. The van der Waals surface area contributed by atoms with Crippen LogP contribution in [0, 0.1) is 0 Å². The van der Waals surface area contributed by atoms with Gasteiger partial charge in [-0.1, -0.05) is 68.7 Å². The fourth-order valence-corrected chi connectivity index (χ4v) is 5.89. The summed E-state index contributed by atoms with van der Waals surface area (Å²) >= 11 is 0. The van der Waals surface area contributed by atoms with Crippen molar-refractivity contribution in [3.63, 3.8) is 0 Å². The van der Waals surface area contributed by atoms with Crippen molar-refractivity contribution >= 4 is 17.2 Å². The first-order chi connectivity index (χ1) is 19.1. The van der Waals surface area contributed by atoms with Gasteiger partial charge in [0.1, 0.15) is 11.4 Å². The van der Waals surface area contributed by atoms with Gasteiger partial charge in [-0.3, -0.25) is 4.99 Å². The largest absolute Gasteiger partial charge is 0.371 e. The van der Waals surface area contributed by atoms with E-state index in [2.05, 4.69) is 68.1 Å². The van der Waals surface area contributed by atoms with Crippen LogP contribution in [0.3, 0.4) is 0 Å². The number of benzene rings is 3. The first kappa shape index (κ1) is 25.2. The third-order valence-electron chi connectivity index (χ3n) is 7.97. The summed E-state index contributed by atoms with van der Waals surface area (Å²) < 4.78 is 0. The van der Waals surface area contributed by atoms with Gasteiger partial charge in [0, 0.05) is 29.9 Å². The Morgan fingerprint density at radius 2 is 1.77 bits per heavy atom. The summed E-state index contributed by atoms with van der Waals surface area (Å²) in [5.74, 6) is 1.62. The molecule has 1 unspecified atom stereocenters. The minimum absolute atomic E-state index is 0.311. The number of aromatic nitrogens is 4. The van der Waals surface area contributed by atoms with Crippen LogP contribution in [0.25, 0.3) is 22.5 Å². The number of rotatable bonds is 9. The Morgan fingerprint density at radius 3 is 2.49 bits per heavy atom. The SMILES string of the molecule is CCCCC1=NC2(CCCC2)C(O)N1Cc1ccc(-c2cc(Nc3ccccc3)ccc2-c2nn[nH]n2)cc1. The summed E-state index contributed by atoms with van der Waals surface area (Å²) in [6, 6.07) is 24.9. The highest BCUT2D eigenvalue weighted by Gasteiger charge is 2.48. The van der Waals surface area contributed by atoms with E-state index in [1.807, 2.05) is 42.5 Å². The van der Waals surface area contributed by atoms with E-state index >= 15 is 0 Å². The molecule has 200 valence electrons. The van der Waals surface area contributed by atoms with E-state index < -0.39 is 6.23 Å². The molecule has 8 heteroatoms. The van der Waals surface area contributed by atoms with Gasteiger partial charge in [-0.25, -0.2) is 0 Å². The zero-order chi connectivity index (χ0) is 26.7. The lowest BCUT2D eigenvalue weighted by molar-refractivity contribution is 0.00295. The molecular formula is C31H35N7O. The van der Waals surface area contributed by atoms with Gasteiger partial charge in [0.05, 0.1) is 0 Å². The molecule has 1 aliphatic heterocycles. The van der Waals surface area contributed by atoms with Crippen molar-refractivity contribution in [2.45, 2.75) is 70.2 Å². The predicted molar refractivity (Wildman–Crippen MR) is 154 cm³/mol. The average Bonchev–Trinajstić information content (AvgIpc) is 3.72. The molecule has 1 spiro atoms. The van der Waals surface area contributed by atoms with Crippen LogP contribution in [0.1, 0.15) is 57.4 Å². The number of unbranched alkanes of at least 4 members (excludes halogenated alkanes) is 1. The van der Waals surface area contributed by atoms with Crippen LogP contribution in [-0.4, -0.2) is 48.2 Å². The maximum absolute atomic E-state index is 11.4. The Morgan fingerprint density at radius 1 is 0.974 bits per heavy atom. The summed E-state index contributed by atoms with van der Waals surface area (Å²) in [7, 11) is 0. The van der Waals surface area contributed by atoms with Gasteiger partial charge < -0.3 is 15.3 Å². The Balaban J connectivity index is 1.27. The zero-order valence-corrected chi connectivity index (χ0v) is 22.3. The Bertz CT molecular complexity index is 1410. The molecule has 1 atom stereocenters. The van der Waals surface area contributed by atoms with Crippen molar-refractivity contribution in [2.24, 2.45) is 4.99 Å². The lowest BCUT2D eigenvalue weighted by atomic mass is 9.96. The van der Waals surface area contributed by atoms with Crippen molar-refractivity contribution in [3.05, 3.63) is 78.4 Å². The molecule has 8 nitrogen and oxygen atoms in total. The van der Waals surface area contributed by atoms with Gasteiger partial charge >= 0.3 is 0 Å². The highest BCUT2D eigenvalue weighted by Crippen LogP contribution is 2.43. The molecule has 3 N–H and O–H groups in total. The number of aliphatic hydroxyl groups is 1. The number of aliphatic imine (C=N–C) groups is 1. The lowest BCUT2D eigenvalue weighted by Crippen LogP contribution is -2.45. The monoisotopic (exact) mass is 521 g/mol. The van der Waals surface area contributed by atoms with E-state index in [0.717, 1.165) is 84.4 Å². The van der Waals surface area contributed by atoms with Crippen molar-refractivity contribution in [2.75, 3.05) is 5.32 Å². The first-order valence-electron chi connectivity index (χ1n) is 14.0. The fourth-order valence-electron chi connectivity index (χ4n) is 5.89. The van der Waals surface area contributed by atoms with Gasteiger partial charge in [-0.2, -0.15) is 5.21 Å². The molecule has 0 amide bonds. The van der Waals surface area contributed by atoms with Gasteiger partial charge in [0.2, 0.25) is 5.82 Å². The Hall–Kier alpha value is -4.04.